The van der Waals surface area contributed by atoms with Gasteiger partial charge in [0.1, 0.15) is 5.75 Å². The topological polar surface area (TPSA) is 9.23 Å². The molecule has 0 amide bonds. The molecule has 0 saturated heterocycles. The number of ether oxygens (including phenoxy) is 1. The molecule has 1 unspecified atom stereocenters. The highest BCUT2D eigenvalue weighted by Crippen LogP contribution is 2.34. The maximum atomic E-state index is 12.7. The third kappa shape index (κ3) is 4.24. The predicted molar refractivity (Wildman–Crippen MR) is 79.8 cm³/mol. The summed E-state index contributed by atoms with van der Waals surface area (Å²) in [6.45, 7) is 0. The van der Waals surface area contributed by atoms with Gasteiger partial charge in [-0.15, -0.1) is 0 Å². The summed E-state index contributed by atoms with van der Waals surface area (Å²) in [5, 5.41) is 0. The molecule has 0 aliphatic rings. The molecule has 5 heteroatoms. The second-order valence-electron chi connectivity index (χ2n) is 4.64. The quantitative estimate of drug-likeness (QED) is 0.665. The molecule has 112 valence electrons. The molecule has 0 bridgehead atoms. The molecule has 0 radical (unpaired) electrons. The second kappa shape index (κ2) is 6.52. The minimum Gasteiger partial charge on any atom is -0.497 e. The van der Waals surface area contributed by atoms with E-state index in [1.807, 2.05) is 24.3 Å². The third-order valence-corrected chi connectivity index (χ3v) is 4.00. The van der Waals surface area contributed by atoms with E-state index < -0.39 is 11.7 Å². The molecular weight excluding hydrogens is 345 g/mol. The number of rotatable bonds is 4. The van der Waals surface area contributed by atoms with Gasteiger partial charge in [-0.25, -0.2) is 0 Å². The van der Waals surface area contributed by atoms with Gasteiger partial charge in [-0.1, -0.05) is 46.3 Å². The molecule has 21 heavy (non-hydrogen) atoms. The Bertz CT molecular complexity index is 593. The summed E-state index contributed by atoms with van der Waals surface area (Å²) >= 11 is 3.46. The standard InChI is InChI=1S/C16H14BrF3O/c1-21-14-7-5-11(6-8-14)9-15(17)12-3-2-4-13(10-12)16(18,19)20/h2-8,10,15H,9H2,1H3. The van der Waals surface area contributed by atoms with E-state index in [2.05, 4.69) is 15.9 Å². The van der Waals surface area contributed by atoms with Crippen LogP contribution in [0.4, 0.5) is 13.2 Å². The van der Waals surface area contributed by atoms with Gasteiger partial charge in [-0.05, 0) is 35.7 Å². The number of alkyl halides is 4. The number of hydrogen-bond donors (Lipinski definition) is 0. The van der Waals surface area contributed by atoms with Gasteiger partial charge in [0.05, 0.1) is 12.7 Å². The minimum absolute atomic E-state index is 0.173. The van der Waals surface area contributed by atoms with Crippen LogP contribution in [0.1, 0.15) is 21.5 Å². The van der Waals surface area contributed by atoms with Gasteiger partial charge in [0, 0.05) is 4.83 Å². The molecule has 2 rings (SSSR count). The molecule has 0 fully saturated rings. The van der Waals surface area contributed by atoms with Crippen LogP contribution in [0, 0.1) is 0 Å². The second-order valence-corrected chi connectivity index (χ2v) is 5.75. The Morgan fingerprint density at radius 3 is 2.33 bits per heavy atom. The van der Waals surface area contributed by atoms with Crippen molar-refractivity contribution < 1.29 is 17.9 Å². The molecule has 2 aromatic carbocycles. The summed E-state index contributed by atoms with van der Waals surface area (Å²) in [6, 6.07) is 12.9. The Hall–Kier alpha value is -1.49. The number of hydrogen-bond acceptors (Lipinski definition) is 1. The van der Waals surface area contributed by atoms with Crippen LogP contribution in [0.5, 0.6) is 5.75 Å². The molecule has 0 aliphatic heterocycles. The van der Waals surface area contributed by atoms with Crippen LogP contribution in [-0.4, -0.2) is 7.11 Å². The van der Waals surface area contributed by atoms with E-state index in [0.717, 1.165) is 17.4 Å². The monoisotopic (exact) mass is 358 g/mol. The molecule has 0 aliphatic carbocycles. The maximum absolute atomic E-state index is 12.7. The predicted octanol–water partition coefficient (Wildman–Crippen LogP) is 5.39. The van der Waals surface area contributed by atoms with Crippen LogP contribution in [0.2, 0.25) is 0 Å². The molecule has 2 aromatic rings. The summed E-state index contributed by atoms with van der Waals surface area (Å²) in [6.07, 6.45) is -3.71. The molecule has 0 heterocycles. The Balaban J connectivity index is 2.14. The lowest BCUT2D eigenvalue weighted by atomic mass is 10.0. The molecular formula is C16H14BrF3O. The Morgan fingerprint density at radius 2 is 1.76 bits per heavy atom. The zero-order valence-corrected chi connectivity index (χ0v) is 12.9. The summed E-state index contributed by atoms with van der Waals surface area (Å²) in [4.78, 5) is -0.173. The van der Waals surface area contributed by atoms with Crippen molar-refractivity contribution in [2.24, 2.45) is 0 Å². The average Bonchev–Trinajstić information content (AvgIpc) is 2.47. The first kappa shape index (κ1) is 15.9. The first-order chi connectivity index (χ1) is 9.90. The highest BCUT2D eigenvalue weighted by atomic mass is 79.9. The minimum atomic E-state index is -4.32. The van der Waals surface area contributed by atoms with Gasteiger partial charge in [-0.3, -0.25) is 0 Å². The SMILES string of the molecule is COc1ccc(CC(Br)c2cccc(C(F)(F)F)c2)cc1. The van der Waals surface area contributed by atoms with Crippen molar-refractivity contribution in [1.82, 2.24) is 0 Å². The fourth-order valence-electron chi connectivity index (χ4n) is 2.00. The van der Waals surface area contributed by atoms with E-state index in [9.17, 15) is 13.2 Å². The van der Waals surface area contributed by atoms with E-state index >= 15 is 0 Å². The average molecular weight is 359 g/mol. The molecule has 0 spiro atoms. The first-order valence-corrected chi connectivity index (χ1v) is 7.26. The molecule has 0 N–H and O–H groups in total. The number of benzene rings is 2. The van der Waals surface area contributed by atoms with Crippen LogP contribution in [0.3, 0.4) is 0 Å². The van der Waals surface area contributed by atoms with E-state index in [1.54, 1.807) is 13.2 Å². The van der Waals surface area contributed by atoms with E-state index in [1.165, 1.54) is 12.1 Å². The van der Waals surface area contributed by atoms with Crippen LogP contribution in [0.15, 0.2) is 48.5 Å². The Labute approximate surface area is 129 Å². The zero-order chi connectivity index (χ0) is 15.5. The third-order valence-electron chi connectivity index (χ3n) is 3.15. The van der Waals surface area contributed by atoms with Gasteiger partial charge < -0.3 is 4.74 Å². The van der Waals surface area contributed by atoms with Gasteiger partial charge in [0.2, 0.25) is 0 Å². The van der Waals surface area contributed by atoms with Crippen LogP contribution >= 0.6 is 15.9 Å². The van der Waals surface area contributed by atoms with Crippen molar-refractivity contribution in [1.29, 1.82) is 0 Å². The van der Waals surface area contributed by atoms with Crippen molar-refractivity contribution in [3.63, 3.8) is 0 Å². The number of methoxy groups -OCH3 is 1. The smallest absolute Gasteiger partial charge is 0.416 e. The molecule has 1 atom stereocenters. The van der Waals surface area contributed by atoms with Gasteiger partial charge in [0.25, 0.3) is 0 Å². The fraction of sp³-hybridized carbons (Fsp3) is 0.250. The highest BCUT2D eigenvalue weighted by Gasteiger charge is 2.30. The van der Waals surface area contributed by atoms with Crippen molar-refractivity contribution in [3.05, 3.63) is 65.2 Å². The van der Waals surface area contributed by atoms with E-state index in [0.29, 0.717) is 12.0 Å². The lowest BCUT2D eigenvalue weighted by molar-refractivity contribution is -0.137. The zero-order valence-electron chi connectivity index (χ0n) is 11.3. The van der Waals surface area contributed by atoms with E-state index in [-0.39, 0.29) is 4.83 Å². The van der Waals surface area contributed by atoms with Gasteiger partial charge >= 0.3 is 6.18 Å². The molecule has 1 nitrogen and oxygen atoms in total. The van der Waals surface area contributed by atoms with Crippen molar-refractivity contribution in [2.45, 2.75) is 17.4 Å². The fourth-order valence-corrected chi connectivity index (χ4v) is 2.65. The largest absolute Gasteiger partial charge is 0.497 e. The van der Waals surface area contributed by atoms with Crippen LogP contribution < -0.4 is 4.74 Å². The Morgan fingerprint density at radius 1 is 1.10 bits per heavy atom. The number of halogens is 4. The Kier molecular flexibility index (Phi) is 4.93. The summed E-state index contributed by atoms with van der Waals surface area (Å²) in [5.41, 5.74) is 1.01. The summed E-state index contributed by atoms with van der Waals surface area (Å²) < 4.78 is 43.2. The van der Waals surface area contributed by atoms with Crippen molar-refractivity contribution >= 4 is 15.9 Å². The lowest BCUT2D eigenvalue weighted by Gasteiger charge is -2.13. The van der Waals surface area contributed by atoms with Crippen LogP contribution in [-0.2, 0) is 12.6 Å². The van der Waals surface area contributed by atoms with E-state index in [4.69, 9.17) is 4.74 Å². The summed E-state index contributed by atoms with van der Waals surface area (Å²) in [5.74, 6) is 0.754. The normalized spacial score (nSPS) is 13.0. The van der Waals surface area contributed by atoms with Gasteiger partial charge in [-0.2, -0.15) is 13.2 Å². The summed E-state index contributed by atoms with van der Waals surface area (Å²) in [7, 11) is 1.59. The van der Waals surface area contributed by atoms with Crippen LogP contribution in [0.25, 0.3) is 0 Å². The molecule has 0 aromatic heterocycles. The first-order valence-electron chi connectivity index (χ1n) is 6.34. The lowest BCUT2D eigenvalue weighted by Crippen LogP contribution is -2.06. The maximum Gasteiger partial charge on any atom is 0.416 e. The van der Waals surface area contributed by atoms with Gasteiger partial charge in [0.15, 0.2) is 0 Å². The highest BCUT2D eigenvalue weighted by molar-refractivity contribution is 9.09. The van der Waals surface area contributed by atoms with Crippen molar-refractivity contribution in [3.8, 4) is 5.75 Å². The van der Waals surface area contributed by atoms with Crippen molar-refractivity contribution in [2.75, 3.05) is 7.11 Å². The molecule has 0 saturated carbocycles.